The van der Waals surface area contributed by atoms with Gasteiger partial charge in [-0.2, -0.15) is 0 Å². The van der Waals surface area contributed by atoms with Gasteiger partial charge in [-0.3, -0.25) is 14.2 Å². The third kappa shape index (κ3) is 3.45. The van der Waals surface area contributed by atoms with Gasteiger partial charge in [0.2, 0.25) is 5.43 Å². The van der Waals surface area contributed by atoms with Crippen LogP contribution in [-0.2, 0) is 13.5 Å². The SMILES string of the molecule is Cc1ccc(-n2c(CC3CCCCC3)nc3c(c(=O)c4ccccc4n3C)c2=O)cc1Cl. The lowest BCUT2D eigenvalue weighted by atomic mass is 9.86. The Morgan fingerprint density at radius 1 is 1.06 bits per heavy atom. The third-order valence-electron chi connectivity index (χ3n) is 6.80. The minimum absolute atomic E-state index is 0.121. The van der Waals surface area contributed by atoms with Crippen molar-refractivity contribution in [3.63, 3.8) is 0 Å². The molecule has 2 aromatic heterocycles. The Hall–Kier alpha value is -2.92. The fraction of sp³-hybridized carbons (Fsp3) is 0.346. The Labute approximate surface area is 191 Å². The number of aromatic nitrogens is 3. The van der Waals surface area contributed by atoms with E-state index in [1.54, 1.807) is 16.7 Å². The van der Waals surface area contributed by atoms with E-state index in [0.717, 1.165) is 23.9 Å². The van der Waals surface area contributed by atoms with E-state index < -0.39 is 0 Å². The summed E-state index contributed by atoms with van der Waals surface area (Å²) in [6.07, 6.45) is 6.67. The van der Waals surface area contributed by atoms with Crippen molar-refractivity contribution in [1.29, 1.82) is 0 Å². The Bertz CT molecular complexity index is 1460. The number of halogens is 1. The summed E-state index contributed by atoms with van der Waals surface area (Å²) in [4.78, 5) is 32.2. The van der Waals surface area contributed by atoms with E-state index >= 15 is 0 Å². The van der Waals surface area contributed by atoms with Crippen LogP contribution in [-0.4, -0.2) is 14.1 Å². The van der Waals surface area contributed by atoms with Gasteiger partial charge in [-0.25, -0.2) is 4.98 Å². The average Bonchev–Trinajstić information content (AvgIpc) is 2.80. The van der Waals surface area contributed by atoms with Crippen molar-refractivity contribution in [1.82, 2.24) is 14.1 Å². The predicted molar refractivity (Wildman–Crippen MR) is 130 cm³/mol. The van der Waals surface area contributed by atoms with Crippen molar-refractivity contribution in [3.8, 4) is 5.69 Å². The molecular weight excluding hydrogens is 422 g/mol. The molecule has 0 radical (unpaired) electrons. The summed E-state index contributed by atoms with van der Waals surface area (Å²) in [5, 5.41) is 1.23. The van der Waals surface area contributed by atoms with E-state index in [-0.39, 0.29) is 16.4 Å². The van der Waals surface area contributed by atoms with E-state index in [2.05, 4.69) is 0 Å². The van der Waals surface area contributed by atoms with Gasteiger partial charge in [0.05, 0.1) is 11.2 Å². The molecule has 1 fully saturated rings. The standard InChI is InChI=1S/C26H26ClN3O2/c1-16-12-13-18(15-20(16)27)30-22(14-17-8-4-3-5-9-17)28-25-23(26(30)32)24(31)19-10-6-7-11-21(19)29(25)2/h6-7,10-13,15,17H,3-5,8-9,14H2,1-2H3. The van der Waals surface area contributed by atoms with Crippen LogP contribution in [0.4, 0.5) is 0 Å². The van der Waals surface area contributed by atoms with Crippen LogP contribution in [0.15, 0.2) is 52.1 Å². The van der Waals surface area contributed by atoms with Crippen LogP contribution in [0.1, 0.15) is 43.5 Å². The highest BCUT2D eigenvalue weighted by molar-refractivity contribution is 6.31. The molecule has 6 heteroatoms. The fourth-order valence-corrected chi connectivity index (χ4v) is 5.15. The zero-order valence-corrected chi connectivity index (χ0v) is 19.2. The number of nitrogens with zero attached hydrogens (tertiary/aromatic N) is 3. The molecule has 0 saturated heterocycles. The first kappa shape index (κ1) is 21.0. The van der Waals surface area contributed by atoms with Crippen LogP contribution in [0.5, 0.6) is 0 Å². The van der Waals surface area contributed by atoms with Crippen molar-refractivity contribution in [2.75, 3.05) is 0 Å². The number of para-hydroxylation sites is 1. The third-order valence-corrected chi connectivity index (χ3v) is 7.21. The summed E-state index contributed by atoms with van der Waals surface area (Å²) in [5.74, 6) is 1.18. The van der Waals surface area contributed by atoms with Gasteiger partial charge in [-0.15, -0.1) is 0 Å². The smallest absolute Gasteiger partial charge is 0.271 e. The summed E-state index contributed by atoms with van der Waals surface area (Å²) < 4.78 is 3.47. The molecular formula is C26H26ClN3O2. The van der Waals surface area contributed by atoms with Crippen molar-refractivity contribution in [3.05, 3.63) is 79.5 Å². The molecule has 164 valence electrons. The molecule has 1 aliphatic rings. The molecule has 1 aliphatic carbocycles. The number of fused-ring (bicyclic) bond motifs is 2. The summed E-state index contributed by atoms with van der Waals surface area (Å²) >= 11 is 6.41. The number of aryl methyl sites for hydroxylation is 2. The highest BCUT2D eigenvalue weighted by atomic mass is 35.5. The average molecular weight is 448 g/mol. The van der Waals surface area contributed by atoms with Crippen LogP contribution < -0.4 is 11.0 Å². The molecule has 0 aliphatic heterocycles. The van der Waals surface area contributed by atoms with Crippen LogP contribution >= 0.6 is 11.6 Å². The zero-order chi connectivity index (χ0) is 22.4. The molecule has 0 atom stereocenters. The molecule has 0 spiro atoms. The van der Waals surface area contributed by atoms with Gasteiger partial charge in [-0.05, 0) is 42.7 Å². The van der Waals surface area contributed by atoms with Crippen LogP contribution in [0.3, 0.4) is 0 Å². The maximum absolute atomic E-state index is 13.9. The van der Waals surface area contributed by atoms with Gasteiger partial charge < -0.3 is 4.57 Å². The molecule has 5 nitrogen and oxygen atoms in total. The molecule has 0 N–H and O–H groups in total. The lowest BCUT2D eigenvalue weighted by Gasteiger charge is -2.23. The van der Waals surface area contributed by atoms with Gasteiger partial charge in [0.1, 0.15) is 11.2 Å². The van der Waals surface area contributed by atoms with Gasteiger partial charge in [0.25, 0.3) is 5.56 Å². The zero-order valence-electron chi connectivity index (χ0n) is 18.4. The molecule has 0 unspecified atom stereocenters. The number of hydrogen-bond acceptors (Lipinski definition) is 3. The quantitative estimate of drug-likeness (QED) is 0.399. The first-order valence-corrected chi connectivity index (χ1v) is 11.6. The second kappa shape index (κ2) is 8.21. The second-order valence-electron chi connectivity index (χ2n) is 8.91. The van der Waals surface area contributed by atoms with E-state index in [1.165, 1.54) is 19.3 Å². The molecule has 4 aromatic rings. The Morgan fingerprint density at radius 3 is 2.56 bits per heavy atom. The summed E-state index contributed by atoms with van der Waals surface area (Å²) in [5.41, 5.74) is 2.21. The number of rotatable bonds is 3. The Morgan fingerprint density at radius 2 is 1.81 bits per heavy atom. The normalized spacial score (nSPS) is 15.0. The molecule has 5 rings (SSSR count). The van der Waals surface area contributed by atoms with E-state index in [9.17, 15) is 9.59 Å². The van der Waals surface area contributed by atoms with Gasteiger partial charge in [0.15, 0.2) is 5.65 Å². The molecule has 2 heterocycles. The van der Waals surface area contributed by atoms with Gasteiger partial charge >= 0.3 is 0 Å². The first-order valence-electron chi connectivity index (χ1n) is 11.3. The Balaban J connectivity index is 1.85. The monoisotopic (exact) mass is 447 g/mol. The first-order chi connectivity index (χ1) is 15.5. The van der Waals surface area contributed by atoms with Crippen LogP contribution in [0.25, 0.3) is 27.6 Å². The maximum Gasteiger partial charge on any atom is 0.271 e. The summed E-state index contributed by atoms with van der Waals surface area (Å²) in [6.45, 7) is 1.93. The number of hydrogen-bond donors (Lipinski definition) is 0. The molecule has 0 bridgehead atoms. The minimum Gasteiger partial charge on any atom is -0.328 e. The number of pyridine rings is 1. The van der Waals surface area contributed by atoms with Crippen molar-refractivity contribution in [2.45, 2.75) is 45.4 Å². The number of benzene rings is 2. The topological polar surface area (TPSA) is 56.9 Å². The van der Waals surface area contributed by atoms with Crippen molar-refractivity contribution < 1.29 is 0 Å². The van der Waals surface area contributed by atoms with E-state index in [4.69, 9.17) is 16.6 Å². The lowest BCUT2D eigenvalue weighted by Crippen LogP contribution is -2.30. The highest BCUT2D eigenvalue weighted by Crippen LogP contribution is 2.28. The molecule has 32 heavy (non-hydrogen) atoms. The van der Waals surface area contributed by atoms with Crippen LogP contribution in [0, 0.1) is 12.8 Å². The lowest BCUT2D eigenvalue weighted by molar-refractivity contribution is 0.349. The maximum atomic E-state index is 13.9. The van der Waals surface area contributed by atoms with Gasteiger partial charge in [-0.1, -0.05) is 61.9 Å². The minimum atomic E-state index is -0.327. The highest BCUT2D eigenvalue weighted by Gasteiger charge is 2.22. The van der Waals surface area contributed by atoms with Crippen molar-refractivity contribution >= 4 is 33.5 Å². The van der Waals surface area contributed by atoms with E-state index in [0.29, 0.717) is 39.9 Å². The summed E-state index contributed by atoms with van der Waals surface area (Å²) in [6, 6.07) is 12.9. The van der Waals surface area contributed by atoms with Crippen molar-refractivity contribution in [2.24, 2.45) is 13.0 Å². The second-order valence-corrected chi connectivity index (χ2v) is 9.32. The molecule has 1 saturated carbocycles. The fourth-order valence-electron chi connectivity index (χ4n) is 4.97. The summed E-state index contributed by atoms with van der Waals surface area (Å²) in [7, 11) is 1.87. The molecule has 0 amide bonds. The van der Waals surface area contributed by atoms with Gasteiger partial charge in [0, 0.05) is 23.9 Å². The van der Waals surface area contributed by atoms with E-state index in [1.807, 2.05) is 48.9 Å². The molecule has 2 aromatic carbocycles. The largest absolute Gasteiger partial charge is 0.328 e. The predicted octanol–water partition coefficient (Wildman–Crippen LogP) is 5.32. The van der Waals surface area contributed by atoms with Crippen LogP contribution in [0.2, 0.25) is 5.02 Å². The Kier molecular flexibility index (Phi) is 5.38.